The van der Waals surface area contributed by atoms with Crippen molar-refractivity contribution in [3.05, 3.63) is 11.7 Å². The van der Waals surface area contributed by atoms with Crippen LogP contribution in [0.1, 0.15) is 43.3 Å². The maximum absolute atomic E-state index is 12.6. The molecule has 3 fully saturated rings. The highest BCUT2D eigenvalue weighted by Gasteiger charge is 2.32. The zero-order valence-electron chi connectivity index (χ0n) is 13.4. The van der Waals surface area contributed by atoms with Gasteiger partial charge in [-0.3, -0.25) is 9.69 Å². The smallest absolute Gasteiger partial charge is 0.240 e. The fraction of sp³-hybridized carbons (Fsp3) is 0.812. The van der Waals surface area contributed by atoms with Crippen LogP contribution < -0.4 is 0 Å². The van der Waals surface area contributed by atoms with Gasteiger partial charge in [0.05, 0.1) is 25.7 Å². The quantitative estimate of drug-likeness (QED) is 0.825. The molecule has 2 saturated heterocycles. The van der Waals surface area contributed by atoms with Crippen molar-refractivity contribution in [2.45, 2.75) is 38.1 Å². The number of ether oxygens (including phenoxy) is 1. The predicted molar refractivity (Wildman–Crippen MR) is 81.7 cm³/mol. The minimum atomic E-state index is 0.0904. The summed E-state index contributed by atoms with van der Waals surface area (Å²) in [4.78, 5) is 21.4. The Morgan fingerprint density at radius 1 is 1.17 bits per heavy atom. The second-order valence-corrected chi connectivity index (χ2v) is 6.83. The lowest BCUT2D eigenvalue weighted by atomic mass is 9.96. The van der Waals surface area contributed by atoms with Crippen molar-refractivity contribution < 1.29 is 14.1 Å². The van der Waals surface area contributed by atoms with Crippen molar-refractivity contribution in [2.75, 3.05) is 39.4 Å². The van der Waals surface area contributed by atoms with E-state index in [2.05, 4.69) is 15.0 Å². The molecule has 2 aliphatic heterocycles. The van der Waals surface area contributed by atoms with Gasteiger partial charge in [-0.1, -0.05) is 5.16 Å². The predicted octanol–water partition coefficient (Wildman–Crippen LogP) is 1.02. The second-order valence-electron chi connectivity index (χ2n) is 6.83. The molecule has 0 radical (unpaired) electrons. The molecule has 3 heterocycles. The van der Waals surface area contributed by atoms with Crippen LogP contribution in [0.5, 0.6) is 0 Å². The standard InChI is InChI=1S/C16H24N4O3/c21-16(20-6-8-22-9-7-20)13-2-1-5-19(10-13)11-14-17-15(18-23-14)12-3-4-12/h12-13H,1-11H2. The highest BCUT2D eigenvalue weighted by atomic mass is 16.5. The van der Waals surface area contributed by atoms with E-state index in [0.717, 1.165) is 44.8 Å². The van der Waals surface area contributed by atoms with Gasteiger partial charge in [-0.25, -0.2) is 0 Å². The molecule has 1 atom stereocenters. The van der Waals surface area contributed by atoms with Gasteiger partial charge in [-0.05, 0) is 32.2 Å². The van der Waals surface area contributed by atoms with Crippen LogP contribution in [0.15, 0.2) is 4.52 Å². The van der Waals surface area contributed by atoms with Gasteiger partial charge in [-0.15, -0.1) is 0 Å². The lowest BCUT2D eigenvalue weighted by molar-refractivity contribution is -0.141. The van der Waals surface area contributed by atoms with Gasteiger partial charge >= 0.3 is 0 Å². The molecule has 7 nitrogen and oxygen atoms in total. The molecule has 7 heteroatoms. The zero-order chi connectivity index (χ0) is 15.6. The molecule has 1 saturated carbocycles. The number of hydrogen-bond acceptors (Lipinski definition) is 6. The Labute approximate surface area is 136 Å². The van der Waals surface area contributed by atoms with Crippen molar-refractivity contribution in [2.24, 2.45) is 5.92 Å². The van der Waals surface area contributed by atoms with Crippen LogP contribution in [0.2, 0.25) is 0 Å². The first-order chi connectivity index (χ1) is 11.3. The number of morpholine rings is 1. The number of piperidine rings is 1. The Morgan fingerprint density at radius 2 is 2.00 bits per heavy atom. The molecule has 0 spiro atoms. The monoisotopic (exact) mass is 320 g/mol. The van der Waals surface area contributed by atoms with E-state index >= 15 is 0 Å². The zero-order valence-corrected chi connectivity index (χ0v) is 13.4. The van der Waals surface area contributed by atoms with Crippen LogP contribution in [0.4, 0.5) is 0 Å². The number of nitrogens with zero attached hydrogens (tertiary/aromatic N) is 4. The van der Waals surface area contributed by atoms with Crippen molar-refractivity contribution in [3.8, 4) is 0 Å². The van der Waals surface area contributed by atoms with Gasteiger partial charge in [0.2, 0.25) is 11.8 Å². The van der Waals surface area contributed by atoms with E-state index in [0.29, 0.717) is 31.6 Å². The maximum Gasteiger partial charge on any atom is 0.240 e. The van der Waals surface area contributed by atoms with Crippen LogP contribution in [0.3, 0.4) is 0 Å². The Kier molecular flexibility index (Phi) is 4.31. The van der Waals surface area contributed by atoms with E-state index in [1.807, 2.05) is 4.90 Å². The minimum absolute atomic E-state index is 0.0904. The lowest BCUT2D eigenvalue weighted by Crippen LogP contribution is -2.48. The van der Waals surface area contributed by atoms with E-state index in [-0.39, 0.29) is 11.8 Å². The normalized spacial score (nSPS) is 26.4. The summed E-state index contributed by atoms with van der Waals surface area (Å²) in [5.74, 6) is 2.43. The topological polar surface area (TPSA) is 71.7 Å². The summed E-state index contributed by atoms with van der Waals surface area (Å²) in [5.41, 5.74) is 0. The average molecular weight is 320 g/mol. The highest BCUT2D eigenvalue weighted by molar-refractivity contribution is 5.79. The molecular formula is C16H24N4O3. The van der Waals surface area contributed by atoms with Crippen molar-refractivity contribution >= 4 is 5.91 Å². The Morgan fingerprint density at radius 3 is 2.78 bits per heavy atom. The molecule has 3 aliphatic rings. The fourth-order valence-electron chi connectivity index (χ4n) is 3.47. The Hall–Kier alpha value is -1.47. The van der Waals surface area contributed by atoms with Gasteiger partial charge in [0, 0.05) is 25.6 Å². The summed E-state index contributed by atoms with van der Waals surface area (Å²) in [6.07, 6.45) is 4.38. The van der Waals surface area contributed by atoms with E-state index < -0.39 is 0 Å². The van der Waals surface area contributed by atoms with Crippen molar-refractivity contribution in [1.29, 1.82) is 0 Å². The third-order valence-corrected chi connectivity index (χ3v) is 4.96. The third kappa shape index (κ3) is 3.55. The summed E-state index contributed by atoms with van der Waals surface area (Å²) in [6, 6.07) is 0. The van der Waals surface area contributed by atoms with Crippen LogP contribution >= 0.6 is 0 Å². The van der Waals surface area contributed by atoms with E-state index in [4.69, 9.17) is 9.26 Å². The second kappa shape index (κ2) is 6.57. The van der Waals surface area contributed by atoms with Gasteiger partial charge < -0.3 is 14.2 Å². The first-order valence-electron chi connectivity index (χ1n) is 8.71. The summed E-state index contributed by atoms with van der Waals surface area (Å²) >= 11 is 0. The van der Waals surface area contributed by atoms with E-state index in [1.165, 1.54) is 12.8 Å². The number of amides is 1. The molecular weight excluding hydrogens is 296 g/mol. The van der Waals surface area contributed by atoms with Gasteiger partial charge in [-0.2, -0.15) is 4.98 Å². The lowest BCUT2D eigenvalue weighted by Gasteiger charge is -2.35. The molecule has 0 aromatic carbocycles. The van der Waals surface area contributed by atoms with E-state index in [9.17, 15) is 4.79 Å². The van der Waals surface area contributed by atoms with Crippen molar-refractivity contribution in [3.63, 3.8) is 0 Å². The summed E-state index contributed by atoms with van der Waals surface area (Å²) < 4.78 is 10.7. The Bertz CT molecular complexity index is 551. The molecule has 1 aromatic rings. The number of carbonyl (C=O) groups is 1. The summed E-state index contributed by atoms with van der Waals surface area (Å²) in [6.45, 7) is 5.22. The fourth-order valence-corrected chi connectivity index (χ4v) is 3.47. The largest absolute Gasteiger partial charge is 0.378 e. The average Bonchev–Trinajstić information content (AvgIpc) is 3.35. The molecule has 1 aliphatic carbocycles. The molecule has 4 rings (SSSR count). The number of likely N-dealkylation sites (tertiary alicyclic amines) is 1. The van der Waals surface area contributed by atoms with Crippen LogP contribution in [-0.4, -0.2) is 65.2 Å². The maximum atomic E-state index is 12.6. The molecule has 23 heavy (non-hydrogen) atoms. The molecule has 126 valence electrons. The van der Waals surface area contributed by atoms with E-state index in [1.54, 1.807) is 0 Å². The van der Waals surface area contributed by atoms with Gasteiger partial charge in [0.25, 0.3) is 0 Å². The highest BCUT2D eigenvalue weighted by Crippen LogP contribution is 2.38. The van der Waals surface area contributed by atoms with Crippen LogP contribution in [0.25, 0.3) is 0 Å². The summed E-state index contributed by atoms with van der Waals surface area (Å²) in [7, 11) is 0. The minimum Gasteiger partial charge on any atom is -0.378 e. The first kappa shape index (κ1) is 15.1. The summed E-state index contributed by atoms with van der Waals surface area (Å²) in [5, 5.41) is 4.07. The number of carbonyl (C=O) groups excluding carboxylic acids is 1. The Balaban J connectivity index is 1.33. The van der Waals surface area contributed by atoms with Crippen LogP contribution in [-0.2, 0) is 16.1 Å². The molecule has 1 unspecified atom stereocenters. The SMILES string of the molecule is O=C(C1CCCN(Cc2nc(C3CC3)no2)C1)N1CCOCC1. The number of rotatable bonds is 4. The first-order valence-corrected chi connectivity index (χ1v) is 8.71. The third-order valence-electron chi connectivity index (χ3n) is 4.96. The molecule has 1 aromatic heterocycles. The van der Waals surface area contributed by atoms with Gasteiger partial charge in [0.15, 0.2) is 5.82 Å². The molecule has 0 bridgehead atoms. The van der Waals surface area contributed by atoms with Crippen molar-refractivity contribution in [1.82, 2.24) is 19.9 Å². The number of aromatic nitrogens is 2. The van der Waals surface area contributed by atoms with Gasteiger partial charge in [0.1, 0.15) is 0 Å². The number of hydrogen-bond donors (Lipinski definition) is 0. The van der Waals surface area contributed by atoms with Crippen LogP contribution in [0, 0.1) is 5.92 Å². The molecule has 1 amide bonds. The molecule has 0 N–H and O–H groups in total.